The van der Waals surface area contributed by atoms with Crippen LogP contribution >= 0.6 is 11.3 Å². The molecule has 0 aliphatic heterocycles. The van der Waals surface area contributed by atoms with E-state index in [-0.39, 0.29) is 12.5 Å². The highest BCUT2D eigenvalue weighted by Gasteiger charge is 2.22. The fourth-order valence-corrected chi connectivity index (χ4v) is 4.90. The van der Waals surface area contributed by atoms with Crippen LogP contribution in [0.25, 0.3) is 10.2 Å². The SMILES string of the molecule is Cc1nc(NCC(=O)Nc2c(C)cccc2C)c2c3c(sc2n1)CCC3. The molecule has 2 heterocycles. The lowest BCUT2D eigenvalue weighted by Crippen LogP contribution is -2.23. The zero-order valence-corrected chi connectivity index (χ0v) is 16.1. The van der Waals surface area contributed by atoms with E-state index in [1.807, 2.05) is 39.0 Å². The van der Waals surface area contributed by atoms with Gasteiger partial charge in [0.2, 0.25) is 5.91 Å². The number of para-hydroxylation sites is 1. The number of carbonyl (C=O) groups excluding carboxylic acids is 1. The Labute approximate surface area is 156 Å². The number of hydrogen-bond acceptors (Lipinski definition) is 5. The van der Waals surface area contributed by atoms with Gasteiger partial charge in [0.1, 0.15) is 16.5 Å². The van der Waals surface area contributed by atoms with E-state index in [0.29, 0.717) is 0 Å². The van der Waals surface area contributed by atoms with Gasteiger partial charge in [-0.3, -0.25) is 4.79 Å². The second-order valence-electron chi connectivity index (χ2n) is 6.83. The number of thiophene rings is 1. The summed E-state index contributed by atoms with van der Waals surface area (Å²) in [7, 11) is 0. The standard InChI is InChI=1S/C20H22N4OS/c1-11-6-4-7-12(2)18(11)24-16(25)10-21-19-17-14-8-5-9-15(14)26-20(17)23-13(3)22-19/h4,6-7H,5,8-10H2,1-3H3,(H,24,25)(H,21,22,23). The molecule has 0 spiro atoms. The molecule has 1 aromatic carbocycles. The highest BCUT2D eigenvalue weighted by atomic mass is 32.1. The maximum atomic E-state index is 12.5. The summed E-state index contributed by atoms with van der Waals surface area (Å²) >= 11 is 1.76. The first-order valence-electron chi connectivity index (χ1n) is 8.92. The van der Waals surface area contributed by atoms with Crippen LogP contribution in [0, 0.1) is 20.8 Å². The minimum Gasteiger partial charge on any atom is -0.360 e. The zero-order chi connectivity index (χ0) is 18.3. The largest absolute Gasteiger partial charge is 0.360 e. The Kier molecular flexibility index (Phi) is 4.36. The lowest BCUT2D eigenvalue weighted by molar-refractivity contribution is -0.114. The molecule has 2 N–H and O–H groups in total. The minimum absolute atomic E-state index is 0.0707. The Morgan fingerprint density at radius 2 is 1.92 bits per heavy atom. The molecule has 0 saturated carbocycles. The number of anilines is 2. The quantitative estimate of drug-likeness (QED) is 0.728. The lowest BCUT2D eigenvalue weighted by atomic mass is 10.1. The molecule has 3 aromatic rings. The summed E-state index contributed by atoms with van der Waals surface area (Å²) in [5.74, 6) is 1.44. The first-order chi connectivity index (χ1) is 12.5. The number of benzene rings is 1. The van der Waals surface area contributed by atoms with E-state index in [0.717, 1.165) is 51.5 Å². The summed E-state index contributed by atoms with van der Waals surface area (Å²) in [5, 5.41) is 7.37. The van der Waals surface area contributed by atoms with Crippen molar-refractivity contribution in [3.63, 3.8) is 0 Å². The van der Waals surface area contributed by atoms with Crippen LogP contribution < -0.4 is 10.6 Å². The van der Waals surface area contributed by atoms with Crippen molar-refractivity contribution in [1.82, 2.24) is 9.97 Å². The first kappa shape index (κ1) is 17.0. The van der Waals surface area contributed by atoms with E-state index >= 15 is 0 Å². The van der Waals surface area contributed by atoms with Gasteiger partial charge in [-0.1, -0.05) is 18.2 Å². The molecule has 2 aromatic heterocycles. The van der Waals surface area contributed by atoms with Crippen molar-refractivity contribution in [1.29, 1.82) is 0 Å². The van der Waals surface area contributed by atoms with Crippen molar-refractivity contribution >= 4 is 39.0 Å². The molecule has 0 bridgehead atoms. The highest BCUT2D eigenvalue weighted by molar-refractivity contribution is 7.19. The van der Waals surface area contributed by atoms with E-state index in [1.54, 1.807) is 11.3 Å². The van der Waals surface area contributed by atoms with Crippen LogP contribution in [0.5, 0.6) is 0 Å². The number of amides is 1. The molecule has 0 saturated heterocycles. The van der Waals surface area contributed by atoms with Gasteiger partial charge in [-0.15, -0.1) is 11.3 Å². The maximum Gasteiger partial charge on any atom is 0.243 e. The van der Waals surface area contributed by atoms with Gasteiger partial charge in [0, 0.05) is 10.6 Å². The first-order valence-corrected chi connectivity index (χ1v) is 9.73. The summed E-state index contributed by atoms with van der Waals surface area (Å²) in [4.78, 5) is 24.1. The lowest BCUT2D eigenvalue weighted by Gasteiger charge is -2.13. The van der Waals surface area contributed by atoms with Crippen LogP contribution in [0.15, 0.2) is 18.2 Å². The Morgan fingerprint density at radius 1 is 1.15 bits per heavy atom. The summed E-state index contributed by atoms with van der Waals surface area (Å²) in [6.45, 7) is 6.08. The third-order valence-corrected chi connectivity index (χ3v) is 6.02. The van der Waals surface area contributed by atoms with Crippen molar-refractivity contribution in [2.75, 3.05) is 17.2 Å². The van der Waals surface area contributed by atoms with Crippen LogP contribution in [-0.4, -0.2) is 22.4 Å². The number of carbonyl (C=O) groups is 1. The van der Waals surface area contributed by atoms with Gasteiger partial charge in [0.15, 0.2) is 0 Å². The predicted octanol–water partition coefficient (Wildman–Crippen LogP) is 4.16. The fourth-order valence-electron chi connectivity index (χ4n) is 3.59. The topological polar surface area (TPSA) is 66.9 Å². The minimum atomic E-state index is -0.0707. The zero-order valence-electron chi connectivity index (χ0n) is 15.3. The smallest absolute Gasteiger partial charge is 0.243 e. The summed E-state index contributed by atoms with van der Waals surface area (Å²) in [6, 6.07) is 6.00. The molecule has 6 heteroatoms. The molecule has 0 fully saturated rings. The molecule has 1 aliphatic rings. The van der Waals surface area contributed by atoms with E-state index in [9.17, 15) is 4.79 Å². The van der Waals surface area contributed by atoms with Crippen LogP contribution in [-0.2, 0) is 17.6 Å². The number of nitrogens with one attached hydrogen (secondary N) is 2. The molecule has 0 unspecified atom stereocenters. The number of aryl methyl sites for hydroxylation is 5. The summed E-state index contributed by atoms with van der Waals surface area (Å²) < 4.78 is 0. The van der Waals surface area contributed by atoms with Gasteiger partial charge in [0.25, 0.3) is 0 Å². The molecule has 26 heavy (non-hydrogen) atoms. The summed E-state index contributed by atoms with van der Waals surface area (Å²) in [5.41, 5.74) is 4.38. The van der Waals surface area contributed by atoms with Crippen LogP contribution in [0.3, 0.4) is 0 Å². The molecule has 1 amide bonds. The number of hydrogen-bond donors (Lipinski definition) is 2. The number of aromatic nitrogens is 2. The van der Waals surface area contributed by atoms with Gasteiger partial charge >= 0.3 is 0 Å². The third kappa shape index (κ3) is 3.05. The molecule has 134 valence electrons. The van der Waals surface area contributed by atoms with Gasteiger partial charge in [-0.05, 0) is 56.7 Å². The Hall–Kier alpha value is -2.47. The van der Waals surface area contributed by atoms with Gasteiger partial charge in [0.05, 0.1) is 11.9 Å². The number of rotatable bonds is 4. The Morgan fingerprint density at radius 3 is 2.69 bits per heavy atom. The second-order valence-corrected chi connectivity index (χ2v) is 7.91. The average Bonchev–Trinajstić information content (AvgIpc) is 3.16. The average molecular weight is 366 g/mol. The van der Waals surface area contributed by atoms with Crippen LogP contribution in [0.2, 0.25) is 0 Å². The van der Waals surface area contributed by atoms with Crippen molar-refractivity contribution in [2.45, 2.75) is 40.0 Å². The normalized spacial score (nSPS) is 13.0. The Bertz CT molecular complexity index is 988. The van der Waals surface area contributed by atoms with E-state index in [1.165, 1.54) is 16.9 Å². The molecular formula is C20H22N4OS. The fraction of sp³-hybridized carbons (Fsp3) is 0.350. The van der Waals surface area contributed by atoms with Crippen molar-refractivity contribution in [2.24, 2.45) is 0 Å². The van der Waals surface area contributed by atoms with E-state index in [4.69, 9.17) is 0 Å². The van der Waals surface area contributed by atoms with E-state index < -0.39 is 0 Å². The number of nitrogens with zero attached hydrogens (tertiary/aromatic N) is 2. The van der Waals surface area contributed by atoms with Gasteiger partial charge < -0.3 is 10.6 Å². The monoisotopic (exact) mass is 366 g/mol. The van der Waals surface area contributed by atoms with Crippen molar-refractivity contribution in [3.05, 3.63) is 45.6 Å². The molecule has 0 radical (unpaired) electrons. The van der Waals surface area contributed by atoms with Crippen molar-refractivity contribution < 1.29 is 4.79 Å². The van der Waals surface area contributed by atoms with Crippen molar-refractivity contribution in [3.8, 4) is 0 Å². The molecule has 5 nitrogen and oxygen atoms in total. The summed E-state index contributed by atoms with van der Waals surface area (Å²) in [6.07, 6.45) is 3.39. The molecule has 1 aliphatic carbocycles. The van der Waals surface area contributed by atoms with Gasteiger partial charge in [-0.2, -0.15) is 0 Å². The highest BCUT2D eigenvalue weighted by Crippen LogP contribution is 2.39. The molecule has 0 atom stereocenters. The van der Waals surface area contributed by atoms with Crippen LogP contribution in [0.1, 0.15) is 33.8 Å². The van der Waals surface area contributed by atoms with E-state index in [2.05, 4.69) is 20.6 Å². The molecular weight excluding hydrogens is 344 g/mol. The molecule has 4 rings (SSSR count). The maximum absolute atomic E-state index is 12.5. The third-order valence-electron chi connectivity index (χ3n) is 4.84. The van der Waals surface area contributed by atoms with Crippen LogP contribution in [0.4, 0.5) is 11.5 Å². The van der Waals surface area contributed by atoms with Gasteiger partial charge in [-0.25, -0.2) is 9.97 Å². The predicted molar refractivity (Wildman–Crippen MR) is 107 cm³/mol. The number of fused-ring (bicyclic) bond motifs is 3. The Balaban J connectivity index is 1.55. The second kappa shape index (κ2) is 6.68.